The number of nitrogens with one attached hydrogen (secondary N) is 2. The number of carbonyl (C=O) groups is 2. The highest BCUT2D eigenvalue weighted by Crippen LogP contribution is 2.21. The standard InChI is InChI=1S/C32H39N3O4/c1-23-16-26(20-27(17-23)32(38)35-15-7-11-29(35)22-36)31(37)34-28(18-24-8-4-3-5-9-24)13-14-33-21-25-10-6-12-30(19-25)39-2/h3-6,8-10,12,16-17,19-20,28-29,33,36H,7,11,13-15,18,21-22H2,1-2H3,(H,34,37)/t28-,29-/m1/s1. The van der Waals surface area contributed by atoms with E-state index in [1.165, 1.54) is 0 Å². The molecule has 0 radical (unpaired) electrons. The Balaban J connectivity index is 1.43. The number of benzene rings is 3. The van der Waals surface area contributed by atoms with Crippen LogP contribution in [0.15, 0.2) is 72.8 Å². The zero-order valence-corrected chi connectivity index (χ0v) is 22.9. The van der Waals surface area contributed by atoms with E-state index in [9.17, 15) is 14.7 Å². The van der Waals surface area contributed by atoms with Crippen LogP contribution in [0.3, 0.4) is 0 Å². The van der Waals surface area contributed by atoms with Gasteiger partial charge in [-0.25, -0.2) is 0 Å². The second kappa shape index (κ2) is 13.9. The molecular formula is C32H39N3O4. The Morgan fingerprint density at radius 1 is 1.03 bits per heavy atom. The molecule has 0 saturated carbocycles. The number of amides is 2. The average molecular weight is 530 g/mol. The molecule has 4 rings (SSSR count). The Morgan fingerprint density at radius 3 is 2.56 bits per heavy atom. The van der Waals surface area contributed by atoms with Gasteiger partial charge in [-0.15, -0.1) is 0 Å². The number of carbonyl (C=O) groups excluding carboxylic acids is 2. The summed E-state index contributed by atoms with van der Waals surface area (Å²) in [5.41, 5.74) is 4.10. The second-order valence-electron chi connectivity index (χ2n) is 10.2. The van der Waals surface area contributed by atoms with Crippen LogP contribution in [-0.4, -0.2) is 60.7 Å². The van der Waals surface area contributed by atoms with E-state index < -0.39 is 0 Å². The number of hydrogen-bond donors (Lipinski definition) is 3. The minimum absolute atomic E-state index is 0.0437. The van der Waals surface area contributed by atoms with Crippen LogP contribution in [0.1, 0.15) is 56.7 Å². The van der Waals surface area contributed by atoms with Crippen LogP contribution in [0.4, 0.5) is 0 Å². The lowest BCUT2D eigenvalue weighted by atomic mass is 10.0. The summed E-state index contributed by atoms with van der Waals surface area (Å²) in [6.45, 7) is 3.91. The molecule has 7 nitrogen and oxygen atoms in total. The topological polar surface area (TPSA) is 90.9 Å². The molecule has 39 heavy (non-hydrogen) atoms. The summed E-state index contributed by atoms with van der Waals surface area (Å²) < 4.78 is 5.31. The van der Waals surface area contributed by atoms with Crippen LogP contribution in [0.5, 0.6) is 5.75 Å². The normalized spacial score (nSPS) is 15.7. The van der Waals surface area contributed by atoms with Gasteiger partial charge in [0.05, 0.1) is 19.8 Å². The van der Waals surface area contributed by atoms with Crippen LogP contribution >= 0.6 is 0 Å². The van der Waals surface area contributed by atoms with Crippen molar-refractivity contribution in [1.29, 1.82) is 0 Å². The summed E-state index contributed by atoms with van der Waals surface area (Å²) in [6.07, 6.45) is 3.13. The predicted octanol–water partition coefficient (Wildman–Crippen LogP) is 4.12. The van der Waals surface area contributed by atoms with Crippen LogP contribution in [0.2, 0.25) is 0 Å². The molecule has 1 heterocycles. The van der Waals surface area contributed by atoms with E-state index in [1.807, 2.05) is 55.5 Å². The molecule has 2 atom stereocenters. The van der Waals surface area contributed by atoms with E-state index in [2.05, 4.69) is 28.8 Å². The van der Waals surface area contributed by atoms with Crippen molar-refractivity contribution in [3.05, 3.63) is 101 Å². The molecule has 206 valence electrons. The number of aryl methyl sites for hydroxylation is 1. The van der Waals surface area contributed by atoms with Crippen LogP contribution in [-0.2, 0) is 13.0 Å². The van der Waals surface area contributed by atoms with Crippen LogP contribution in [0, 0.1) is 6.92 Å². The second-order valence-corrected chi connectivity index (χ2v) is 10.2. The molecule has 7 heteroatoms. The van der Waals surface area contributed by atoms with Gasteiger partial charge in [0, 0.05) is 30.3 Å². The highest BCUT2D eigenvalue weighted by atomic mass is 16.5. The maximum absolute atomic E-state index is 13.4. The molecular weight excluding hydrogens is 490 g/mol. The van der Waals surface area contributed by atoms with Gasteiger partial charge in [0.25, 0.3) is 11.8 Å². The van der Waals surface area contributed by atoms with Crippen molar-refractivity contribution in [2.24, 2.45) is 0 Å². The molecule has 1 fully saturated rings. The smallest absolute Gasteiger partial charge is 0.254 e. The molecule has 1 saturated heterocycles. The van der Waals surface area contributed by atoms with Crippen molar-refractivity contribution in [3.8, 4) is 5.75 Å². The number of likely N-dealkylation sites (tertiary alicyclic amines) is 1. The van der Waals surface area contributed by atoms with E-state index in [1.54, 1.807) is 18.1 Å². The van der Waals surface area contributed by atoms with Crippen molar-refractivity contribution in [3.63, 3.8) is 0 Å². The molecule has 0 aliphatic carbocycles. The molecule has 0 bridgehead atoms. The zero-order chi connectivity index (χ0) is 27.6. The van der Waals surface area contributed by atoms with E-state index in [0.717, 1.165) is 48.2 Å². The fraction of sp³-hybridized carbons (Fsp3) is 0.375. The number of aliphatic hydroxyl groups excluding tert-OH is 1. The monoisotopic (exact) mass is 529 g/mol. The van der Waals surface area contributed by atoms with Gasteiger partial charge in [-0.3, -0.25) is 9.59 Å². The third-order valence-electron chi connectivity index (χ3n) is 7.23. The minimum Gasteiger partial charge on any atom is -0.497 e. The minimum atomic E-state index is -0.193. The number of methoxy groups -OCH3 is 1. The SMILES string of the molecule is COc1cccc(CNCC[C@H](Cc2ccccc2)NC(=O)c2cc(C)cc(C(=O)N3CCC[C@@H]3CO)c2)c1. The molecule has 2 amide bonds. The molecule has 0 unspecified atom stereocenters. The van der Waals surface area contributed by atoms with Gasteiger partial charge in [0.15, 0.2) is 0 Å². The van der Waals surface area contributed by atoms with Crippen molar-refractivity contribution in [2.45, 2.75) is 51.2 Å². The lowest BCUT2D eigenvalue weighted by Gasteiger charge is -2.24. The Kier molecular flexibility index (Phi) is 10.1. The first kappa shape index (κ1) is 28.3. The fourth-order valence-electron chi connectivity index (χ4n) is 5.18. The van der Waals surface area contributed by atoms with Gasteiger partial charge in [-0.1, -0.05) is 42.5 Å². The van der Waals surface area contributed by atoms with E-state index in [-0.39, 0.29) is 30.5 Å². The third kappa shape index (κ3) is 7.91. The van der Waals surface area contributed by atoms with Crippen molar-refractivity contribution < 1.29 is 19.4 Å². The molecule has 3 aromatic carbocycles. The lowest BCUT2D eigenvalue weighted by Crippen LogP contribution is -2.39. The highest BCUT2D eigenvalue weighted by molar-refractivity contribution is 6.00. The molecule has 1 aliphatic heterocycles. The summed E-state index contributed by atoms with van der Waals surface area (Å²) in [7, 11) is 1.66. The van der Waals surface area contributed by atoms with Gasteiger partial charge < -0.3 is 25.4 Å². The van der Waals surface area contributed by atoms with Crippen molar-refractivity contribution in [1.82, 2.24) is 15.5 Å². The maximum atomic E-state index is 13.4. The molecule has 3 aromatic rings. The average Bonchev–Trinajstić information content (AvgIpc) is 3.44. The number of hydrogen-bond acceptors (Lipinski definition) is 5. The Bertz CT molecular complexity index is 1250. The number of ether oxygens (including phenoxy) is 1. The van der Waals surface area contributed by atoms with Gasteiger partial charge in [-0.05, 0) is 86.2 Å². The highest BCUT2D eigenvalue weighted by Gasteiger charge is 2.29. The molecule has 3 N–H and O–H groups in total. The Labute approximate surface area is 231 Å². The van der Waals surface area contributed by atoms with E-state index >= 15 is 0 Å². The molecule has 0 aromatic heterocycles. The van der Waals surface area contributed by atoms with Crippen molar-refractivity contribution >= 4 is 11.8 Å². The van der Waals surface area contributed by atoms with Gasteiger partial charge >= 0.3 is 0 Å². The first-order valence-electron chi connectivity index (χ1n) is 13.7. The van der Waals surface area contributed by atoms with Crippen LogP contribution in [0.25, 0.3) is 0 Å². The molecule has 1 aliphatic rings. The first-order chi connectivity index (χ1) is 19.0. The van der Waals surface area contributed by atoms with E-state index in [0.29, 0.717) is 30.6 Å². The number of aliphatic hydroxyl groups is 1. The number of rotatable bonds is 12. The Morgan fingerprint density at radius 2 is 1.79 bits per heavy atom. The molecule has 0 spiro atoms. The summed E-state index contributed by atoms with van der Waals surface area (Å²) in [4.78, 5) is 28.4. The quantitative estimate of drug-likeness (QED) is 0.307. The van der Waals surface area contributed by atoms with E-state index in [4.69, 9.17) is 4.74 Å². The third-order valence-corrected chi connectivity index (χ3v) is 7.23. The Hall–Kier alpha value is -3.68. The van der Waals surface area contributed by atoms with Crippen molar-refractivity contribution in [2.75, 3.05) is 26.8 Å². The summed E-state index contributed by atoms with van der Waals surface area (Å²) >= 11 is 0. The van der Waals surface area contributed by atoms with Crippen LogP contribution < -0.4 is 15.4 Å². The zero-order valence-electron chi connectivity index (χ0n) is 22.9. The largest absolute Gasteiger partial charge is 0.497 e. The summed E-state index contributed by atoms with van der Waals surface area (Å²) in [5.74, 6) is 0.504. The maximum Gasteiger partial charge on any atom is 0.254 e. The first-order valence-corrected chi connectivity index (χ1v) is 13.7. The van der Waals surface area contributed by atoms with Gasteiger partial charge in [0.1, 0.15) is 5.75 Å². The van der Waals surface area contributed by atoms with Gasteiger partial charge in [-0.2, -0.15) is 0 Å². The fourth-order valence-corrected chi connectivity index (χ4v) is 5.18. The lowest BCUT2D eigenvalue weighted by molar-refractivity contribution is 0.0677. The summed E-state index contributed by atoms with van der Waals surface area (Å²) in [5, 5.41) is 16.4. The predicted molar refractivity (Wildman–Crippen MR) is 153 cm³/mol. The van der Waals surface area contributed by atoms with Gasteiger partial charge in [0.2, 0.25) is 0 Å². The number of nitrogens with zero attached hydrogens (tertiary/aromatic N) is 1. The summed E-state index contributed by atoms with van der Waals surface area (Å²) in [6, 6.07) is 23.2.